The van der Waals surface area contributed by atoms with Crippen molar-refractivity contribution in [2.75, 3.05) is 27.3 Å². The highest BCUT2D eigenvalue weighted by atomic mass is 19.1. The Bertz CT molecular complexity index is 1440. The third-order valence-corrected chi connectivity index (χ3v) is 6.70. The predicted molar refractivity (Wildman–Crippen MR) is 202 cm³/mol. The van der Waals surface area contributed by atoms with E-state index in [0.29, 0.717) is 34.7 Å². The third-order valence-electron chi connectivity index (χ3n) is 6.70. The molecule has 0 fully saturated rings. The largest absolute Gasteiger partial charge is 0.457 e. The highest BCUT2D eigenvalue weighted by Crippen LogP contribution is 2.29. The van der Waals surface area contributed by atoms with E-state index in [-0.39, 0.29) is 25.1 Å². The van der Waals surface area contributed by atoms with Gasteiger partial charge in [0.15, 0.2) is 0 Å². The van der Waals surface area contributed by atoms with E-state index in [4.69, 9.17) is 19.0 Å². The maximum absolute atomic E-state index is 13.5. The summed E-state index contributed by atoms with van der Waals surface area (Å²) in [6.45, 7) is 21.4. The SMILES string of the molecule is C=O.CC.CNC/C(=C\CCCCOC(C)(C)C)c1cc(Oc2cccc(C(=O)NCc3cc(F)cc(F)c3)c2C)ccn1.COC(C)(C)C.[HH]. The zero-order valence-corrected chi connectivity index (χ0v) is 32.0. The van der Waals surface area contributed by atoms with E-state index in [2.05, 4.69) is 42.5 Å². The molecule has 0 aliphatic rings. The van der Waals surface area contributed by atoms with Gasteiger partial charge >= 0.3 is 0 Å². The first-order valence-corrected chi connectivity index (χ1v) is 16.9. The Morgan fingerprint density at radius 1 is 0.960 bits per heavy atom. The predicted octanol–water partition coefficient (Wildman–Crippen LogP) is 9.50. The molecule has 0 unspecified atom stereocenters. The number of carbonyl (C=O) groups is 2. The molecule has 3 rings (SSSR count). The average Bonchev–Trinajstić information content (AvgIpc) is 3.06. The minimum Gasteiger partial charge on any atom is -0.457 e. The van der Waals surface area contributed by atoms with E-state index in [1.807, 2.05) is 54.5 Å². The number of unbranched alkanes of at least 4 members (excludes halogenated alkanes) is 2. The molecule has 0 saturated carbocycles. The average molecular weight is 702 g/mol. The number of aromatic nitrogens is 1. The summed E-state index contributed by atoms with van der Waals surface area (Å²) in [6.07, 6.45) is 6.81. The molecule has 10 heteroatoms. The lowest BCUT2D eigenvalue weighted by molar-refractivity contribution is -0.0980. The van der Waals surface area contributed by atoms with Gasteiger partial charge in [-0.15, -0.1) is 0 Å². The number of rotatable bonds is 13. The van der Waals surface area contributed by atoms with Crippen LogP contribution in [0.2, 0.25) is 0 Å². The van der Waals surface area contributed by atoms with E-state index < -0.39 is 11.6 Å². The molecular weight excluding hydrogens is 640 g/mol. The quantitative estimate of drug-likeness (QED) is 0.171. The fourth-order valence-electron chi connectivity index (χ4n) is 4.10. The molecule has 0 atom stereocenters. The smallest absolute Gasteiger partial charge is 0.251 e. The lowest BCUT2D eigenvalue weighted by Crippen LogP contribution is -2.23. The number of pyridine rings is 1. The van der Waals surface area contributed by atoms with Crippen molar-refractivity contribution in [1.82, 2.24) is 15.6 Å². The summed E-state index contributed by atoms with van der Waals surface area (Å²) >= 11 is 0. The zero-order valence-electron chi connectivity index (χ0n) is 32.0. The first-order chi connectivity index (χ1) is 23.6. The van der Waals surface area contributed by atoms with Gasteiger partial charge in [-0.1, -0.05) is 26.0 Å². The van der Waals surface area contributed by atoms with Crippen molar-refractivity contribution in [3.8, 4) is 11.5 Å². The molecule has 0 aliphatic carbocycles. The normalized spacial score (nSPS) is 11.2. The summed E-state index contributed by atoms with van der Waals surface area (Å²) in [6, 6.07) is 12.0. The topological polar surface area (TPSA) is 98.8 Å². The van der Waals surface area contributed by atoms with Crippen molar-refractivity contribution in [3.05, 3.63) is 94.8 Å². The number of ether oxygens (including phenoxy) is 3. The van der Waals surface area contributed by atoms with Crippen LogP contribution in [-0.2, 0) is 20.8 Å². The van der Waals surface area contributed by atoms with Crippen LogP contribution in [0.1, 0.15) is 103 Å². The van der Waals surface area contributed by atoms with Crippen molar-refractivity contribution in [3.63, 3.8) is 0 Å². The van der Waals surface area contributed by atoms with Gasteiger partial charge in [0.05, 0.1) is 16.9 Å². The minimum atomic E-state index is -0.689. The van der Waals surface area contributed by atoms with Gasteiger partial charge in [-0.3, -0.25) is 9.78 Å². The number of hydrogen-bond donors (Lipinski definition) is 2. The van der Waals surface area contributed by atoms with Gasteiger partial charge in [0.1, 0.15) is 29.9 Å². The van der Waals surface area contributed by atoms with Crippen LogP contribution < -0.4 is 15.4 Å². The minimum absolute atomic E-state index is 0. The van der Waals surface area contributed by atoms with E-state index in [0.717, 1.165) is 43.2 Å². The number of likely N-dealkylation sites (N-methyl/N-ethyl adjacent to an activating group) is 1. The summed E-state index contributed by atoms with van der Waals surface area (Å²) in [4.78, 5) is 25.4. The number of amides is 1. The molecule has 0 bridgehead atoms. The number of methoxy groups -OCH3 is 1. The standard InChI is InChI=1S/C32H39F2N3O3.C5H12O.C2H6.CH2O.H2/c1-22-28(31(38)37-20-23-16-25(33)18-26(34)17-23)11-9-12-30(22)40-27-13-14-36-29(19-27)24(21-35-5)10-7-6-8-15-39-32(2,3)4;1-5(2,3)6-4;2*1-2;/h9-14,16-19,35H,6-8,15,20-21H2,1-5H3,(H,37,38);1-4H3;1-2H3;1H2;1H/b24-10+;;;;. The number of nitrogens with one attached hydrogen (secondary N) is 2. The van der Waals surface area contributed by atoms with Gasteiger partial charge in [-0.2, -0.15) is 0 Å². The fraction of sp³-hybridized carbons (Fsp3) is 0.475. The number of nitrogens with zero attached hydrogens (tertiary/aromatic N) is 1. The van der Waals surface area contributed by atoms with Crippen LogP contribution in [0.5, 0.6) is 11.5 Å². The maximum Gasteiger partial charge on any atom is 0.251 e. The van der Waals surface area contributed by atoms with Gasteiger partial charge < -0.3 is 29.6 Å². The number of carbonyl (C=O) groups excluding carboxylic acids is 2. The highest BCUT2D eigenvalue weighted by Gasteiger charge is 2.14. The monoisotopic (exact) mass is 701 g/mol. The van der Waals surface area contributed by atoms with Crippen LogP contribution >= 0.6 is 0 Å². The molecule has 8 nitrogen and oxygen atoms in total. The number of halogens is 2. The molecule has 0 aliphatic heterocycles. The molecule has 3 aromatic rings. The molecule has 0 saturated heterocycles. The van der Waals surface area contributed by atoms with Gasteiger partial charge in [0, 0.05) is 57.7 Å². The Hall–Kier alpha value is -3.99. The fourth-order valence-corrected chi connectivity index (χ4v) is 4.10. The summed E-state index contributed by atoms with van der Waals surface area (Å²) in [5.74, 6) is -0.617. The molecule has 0 spiro atoms. The van der Waals surface area contributed by atoms with Gasteiger partial charge in [0.2, 0.25) is 0 Å². The van der Waals surface area contributed by atoms with Gasteiger partial charge in [0.25, 0.3) is 5.91 Å². The highest BCUT2D eigenvalue weighted by molar-refractivity contribution is 5.96. The molecule has 1 heterocycles. The molecular formula is C40H61F2N3O5. The second kappa shape index (κ2) is 24.2. The molecule has 1 amide bonds. The van der Waals surface area contributed by atoms with E-state index in [1.54, 1.807) is 44.5 Å². The molecule has 280 valence electrons. The summed E-state index contributed by atoms with van der Waals surface area (Å²) in [5, 5.41) is 5.93. The second-order valence-electron chi connectivity index (χ2n) is 12.9. The van der Waals surface area contributed by atoms with Crippen molar-refractivity contribution in [1.29, 1.82) is 0 Å². The summed E-state index contributed by atoms with van der Waals surface area (Å²) in [5.41, 5.74) is 3.20. The van der Waals surface area contributed by atoms with Crippen LogP contribution in [0, 0.1) is 18.6 Å². The third kappa shape index (κ3) is 19.3. The van der Waals surface area contributed by atoms with Gasteiger partial charge in [-0.25, -0.2) is 8.78 Å². The Morgan fingerprint density at radius 3 is 2.14 bits per heavy atom. The zero-order chi connectivity index (χ0) is 38.3. The van der Waals surface area contributed by atoms with Crippen LogP contribution in [0.3, 0.4) is 0 Å². The molecule has 1 aromatic heterocycles. The van der Waals surface area contributed by atoms with E-state index >= 15 is 0 Å². The lowest BCUT2D eigenvalue weighted by Gasteiger charge is -2.19. The van der Waals surface area contributed by atoms with E-state index in [9.17, 15) is 13.6 Å². The first kappa shape index (κ1) is 46.0. The molecule has 2 aromatic carbocycles. The second-order valence-corrected chi connectivity index (χ2v) is 12.9. The number of allylic oxidation sites excluding steroid dienone is 1. The van der Waals surface area contributed by atoms with E-state index in [1.165, 1.54) is 12.1 Å². The van der Waals surface area contributed by atoms with Crippen molar-refractivity contribution in [2.24, 2.45) is 0 Å². The molecule has 0 radical (unpaired) electrons. The Kier molecular flexibility index (Phi) is 22.3. The van der Waals surface area contributed by atoms with Gasteiger partial charge in [-0.05, 0) is 116 Å². The first-order valence-electron chi connectivity index (χ1n) is 16.9. The summed E-state index contributed by atoms with van der Waals surface area (Å²) < 4.78 is 43.9. The molecule has 50 heavy (non-hydrogen) atoms. The van der Waals surface area contributed by atoms with Crippen molar-refractivity contribution >= 4 is 18.3 Å². The Labute approximate surface area is 300 Å². The number of hydrogen-bond acceptors (Lipinski definition) is 7. The van der Waals surface area contributed by atoms with Crippen LogP contribution in [0.15, 0.2) is 60.8 Å². The van der Waals surface area contributed by atoms with Crippen molar-refractivity contribution in [2.45, 2.75) is 99.3 Å². The van der Waals surface area contributed by atoms with Crippen LogP contribution in [-0.4, -0.2) is 56.2 Å². The number of benzene rings is 2. The summed E-state index contributed by atoms with van der Waals surface area (Å²) in [7, 11) is 3.61. The molecule has 2 N–H and O–H groups in total. The Balaban J connectivity index is 0. The maximum atomic E-state index is 13.5. The lowest BCUT2D eigenvalue weighted by atomic mass is 10.1. The van der Waals surface area contributed by atoms with Crippen LogP contribution in [0.4, 0.5) is 8.78 Å². The van der Waals surface area contributed by atoms with Crippen molar-refractivity contribution < 1.29 is 34.0 Å². The van der Waals surface area contributed by atoms with Crippen LogP contribution in [0.25, 0.3) is 5.57 Å². The Morgan fingerprint density at radius 2 is 1.58 bits per heavy atom.